The number of carbonyl (C=O) groups excluding carboxylic acids is 2. The highest BCUT2D eigenvalue weighted by atomic mass is 35.5. The van der Waals surface area contributed by atoms with Crippen molar-refractivity contribution in [3.8, 4) is 11.5 Å². The number of ether oxygens (including phenoxy) is 1. The van der Waals surface area contributed by atoms with Gasteiger partial charge in [0.2, 0.25) is 0 Å². The number of aromatic hydroxyl groups is 1. The Balaban J connectivity index is 1.86. The zero-order chi connectivity index (χ0) is 27.5. The molecule has 8 nitrogen and oxygen atoms in total. The molecule has 0 aliphatic carbocycles. The predicted molar refractivity (Wildman–Crippen MR) is 152 cm³/mol. The molecule has 0 saturated heterocycles. The van der Waals surface area contributed by atoms with Gasteiger partial charge in [-0.05, 0) is 74.9 Å². The van der Waals surface area contributed by atoms with Crippen LogP contribution in [0.1, 0.15) is 42.3 Å². The number of nitrogens with one attached hydrogen (secondary N) is 2. The van der Waals surface area contributed by atoms with Crippen LogP contribution in [0, 0.1) is 0 Å². The molecule has 0 heterocycles. The molecule has 0 fully saturated rings. The molecule has 2 amide bonds. The number of hydrogen-bond acceptors (Lipinski definition) is 6. The number of rotatable bonds is 11. The molecule has 0 spiro atoms. The topological polar surface area (TPSA) is 103 Å². The van der Waals surface area contributed by atoms with E-state index < -0.39 is 11.8 Å². The van der Waals surface area contributed by atoms with Crippen molar-refractivity contribution in [1.82, 2.24) is 10.7 Å². The molecule has 3 aromatic carbocycles. The number of hydrazone groups is 1. The van der Waals surface area contributed by atoms with E-state index in [2.05, 4.69) is 34.6 Å². The maximum Gasteiger partial charge on any atom is 0.287 e. The van der Waals surface area contributed by atoms with E-state index in [1.54, 1.807) is 42.5 Å². The molecule has 0 saturated carbocycles. The standard InChI is InChI=1S/C29H31ClN4O4/c1-4-34(5-2)22-13-11-20(12-14-22)17-26(32-28(36)24-9-7-8-10-25(24)30)29(37)33-31-19-21-18-23(38-6-3)15-16-27(21)35/h7-19,35H,4-6H2,1-3H3,(H,32,36)(H,33,37)/b26-17+,31-19+. The van der Waals surface area contributed by atoms with Crippen LogP contribution in [0.25, 0.3) is 6.08 Å². The number of benzene rings is 3. The maximum absolute atomic E-state index is 13.1. The molecule has 0 atom stereocenters. The fraction of sp³-hybridized carbons (Fsp3) is 0.207. The summed E-state index contributed by atoms with van der Waals surface area (Å²) in [5, 5.41) is 17.0. The van der Waals surface area contributed by atoms with Crippen molar-refractivity contribution in [2.45, 2.75) is 20.8 Å². The Morgan fingerprint density at radius 2 is 1.74 bits per heavy atom. The number of carbonyl (C=O) groups is 2. The number of phenolic OH excluding ortho intramolecular Hbond substituents is 1. The van der Waals surface area contributed by atoms with E-state index in [1.807, 2.05) is 31.2 Å². The monoisotopic (exact) mass is 534 g/mol. The average molecular weight is 535 g/mol. The van der Waals surface area contributed by atoms with Crippen molar-refractivity contribution in [2.24, 2.45) is 5.10 Å². The molecule has 3 rings (SSSR count). The zero-order valence-electron chi connectivity index (χ0n) is 21.6. The van der Waals surface area contributed by atoms with Gasteiger partial charge in [0.05, 0.1) is 23.4 Å². The minimum Gasteiger partial charge on any atom is -0.507 e. The lowest BCUT2D eigenvalue weighted by Gasteiger charge is -2.21. The van der Waals surface area contributed by atoms with Crippen molar-refractivity contribution in [1.29, 1.82) is 0 Å². The van der Waals surface area contributed by atoms with Crippen molar-refractivity contribution in [3.63, 3.8) is 0 Å². The summed E-state index contributed by atoms with van der Waals surface area (Å²) in [4.78, 5) is 28.2. The summed E-state index contributed by atoms with van der Waals surface area (Å²) < 4.78 is 5.44. The van der Waals surface area contributed by atoms with Crippen LogP contribution in [0.2, 0.25) is 5.02 Å². The first-order chi connectivity index (χ1) is 18.4. The summed E-state index contributed by atoms with van der Waals surface area (Å²) in [6.45, 7) is 8.22. The van der Waals surface area contributed by atoms with Gasteiger partial charge in [0.1, 0.15) is 17.2 Å². The second-order valence-electron chi connectivity index (χ2n) is 8.11. The van der Waals surface area contributed by atoms with E-state index in [1.165, 1.54) is 12.3 Å². The Labute approximate surface area is 227 Å². The quantitative estimate of drug-likeness (QED) is 0.178. The molecule has 0 unspecified atom stereocenters. The highest BCUT2D eigenvalue weighted by Gasteiger charge is 2.16. The molecule has 0 aliphatic rings. The number of hydrogen-bond donors (Lipinski definition) is 3. The van der Waals surface area contributed by atoms with Crippen molar-refractivity contribution in [2.75, 3.05) is 24.6 Å². The summed E-state index contributed by atoms with van der Waals surface area (Å²) in [6, 6.07) is 18.9. The lowest BCUT2D eigenvalue weighted by molar-refractivity contribution is -0.117. The fourth-order valence-electron chi connectivity index (χ4n) is 3.64. The molecule has 0 radical (unpaired) electrons. The highest BCUT2D eigenvalue weighted by Crippen LogP contribution is 2.22. The van der Waals surface area contributed by atoms with Gasteiger partial charge in [-0.2, -0.15) is 5.10 Å². The third-order valence-corrected chi connectivity index (χ3v) is 5.95. The maximum atomic E-state index is 13.1. The SMILES string of the molecule is CCOc1ccc(O)c(/C=N/NC(=O)/C(=C\c2ccc(N(CC)CC)cc2)NC(=O)c2ccccc2Cl)c1. The van der Waals surface area contributed by atoms with Crippen LogP contribution in [0.3, 0.4) is 0 Å². The minimum atomic E-state index is -0.657. The molecule has 0 aromatic heterocycles. The van der Waals surface area contributed by atoms with Crippen molar-refractivity contribution >= 4 is 41.4 Å². The molecule has 0 aliphatic heterocycles. The van der Waals surface area contributed by atoms with E-state index >= 15 is 0 Å². The van der Waals surface area contributed by atoms with E-state index in [0.717, 1.165) is 18.8 Å². The highest BCUT2D eigenvalue weighted by molar-refractivity contribution is 6.34. The average Bonchev–Trinajstić information content (AvgIpc) is 2.92. The van der Waals surface area contributed by atoms with Gasteiger partial charge in [-0.15, -0.1) is 0 Å². The van der Waals surface area contributed by atoms with Crippen molar-refractivity contribution in [3.05, 3.63) is 94.1 Å². The Morgan fingerprint density at radius 3 is 2.39 bits per heavy atom. The van der Waals surface area contributed by atoms with Gasteiger partial charge in [-0.1, -0.05) is 35.9 Å². The van der Waals surface area contributed by atoms with Crippen LogP contribution in [0.15, 0.2) is 77.5 Å². The number of phenols is 1. The third kappa shape index (κ3) is 7.60. The lowest BCUT2D eigenvalue weighted by Crippen LogP contribution is -2.33. The van der Waals surface area contributed by atoms with Crippen LogP contribution in [0.4, 0.5) is 5.69 Å². The summed E-state index contributed by atoms with van der Waals surface area (Å²) in [5.41, 5.74) is 4.71. The van der Waals surface area contributed by atoms with Gasteiger partial charge in [-0.25, -0.2) is 5.43 Å². The molecular formula is C29H31ClN4O4. The number of nitrogens with zero attached hydrogens (tertiary/aromatic N) is 2. The Kier molecular flexibility index (Phi) is 10.3. The molecular weight excluding hydrogens is 504 g/mol. The van der Waals surface area contributed by atoms with E-state index in [9.17, 15) is 14.7 Å². The van der Waals surface area contributed by atoms with Gasteiger partial charge in [-0.3, -0.25) is 9.59 Å². The van der Waals surface area contributed by atoms with Crippen LogP contribution in [-0.4, -0.2) is 42.8 Å². The molecule has 3 N–H and O–H groups in total. The van der Waals surface area contributed by atoms with E-state index in [-0.39, 0.29) is 22.0 Å². The van der Waals surface area contributed by atoms with Crippen LogP contribution < -0.4 is 20.4 Å². The van der Waals surface area contributed by atoms with E-state index in [4.69, 9.17) is 16.3 Å². The van der Waals surface area contributed by atoms with Gasteiger partial charge < -0.3 is 20.1 Å². The van der Waals surface area contributed by atoms with Crippen LogP contribution >= 0.6 is 11.6 Å². The lowest BCUT2D eigenvalue weighted by atomic mass is 10.1. The van der Waals surface area contributed by atoms with Crippen LogP contribution in [-0.2, 0) is 4.79 Å². The second-order valence-corrected chi connectivity index (χ2v) is 8.52. The first-order valence-corrected chi connectivity index (χ1v) is 12.7. The molecule has 9 heteroatoms. The van der Waals surface area contributed by atoms with Crippen LogP contribution in [0.5, 0.6) is 11.5 Å². The zero-order valence-corrected chi connectivity index (χ0v) is 22.3. The smallest absolute Gasteiger partial charge is 0.287 e. The molecule has 3 aromatic rings. The molecule has 38 heavy (non-hydrogen) atoms. The Morgan fingerprint density at radius 1 is 1.03 bits per heavy atom. The normalized spacial score (nSPS) is 11.3. The number of amides is 2. The van der Waals surface area contributed by atoms with E-state index in [0.29, 0.717) is 23.5 Å². The number of halogens is 1. The molecule has 198 valence electrons. The summed E-state index contributed by atoms with van der Waals surface area (Å²) in [7, 11) is 0. The fourth-order valence-corrected chi connectivity index (χ4v) is 3.86. The van der Waals surface area contributed by atoms with Gasteiger partial charge in [0.15, 0.2) is 0 Å². The van der Waals surface area contributed by atoms with Gasteiger partial charge >= 0.3 is 0 Å². The van der Waals surface area contributed by atoms with Crippen molar-refractivity contribution < 1.29 is 19.4 Å². The first kappa shape index (κ1) is 28.3. The molecule has 0 bridgehead atoms. The minimum absolute atomic E-state index is 0.0254. The first-order valence-electron chi connectivity index (χ1n) is 12.3. The number of anilines is 1. The van der Waals surface area contributed by atoms with Gasteiger partial charge in [0, 0.05) is 24.3 Å². The second kappa shape index (κ2) is 13.9. The van der Waals surface area contributed by atoms with Gasteiger partial charge in [0.25, 0.3) is 11.8 Å². The summed E-state index contributed by atoms with van der Waals surface area (Å²) in [5.74, 6) is -0.668. The third-order valence-electron chi connectivity index (χ3n) is 5.62. The largest absolute Gasteiger partial charge is 0.507 e. The Hall–Kier alpha value is -4.30. The summed E-state index contributed by atoms with van der Waals surface area (Å²) in [6.07, 6.45) is 2.85. The summed E-state index contributed by atoms with van der Waals surface area (Å²) >= 11 is 6.18. The predicted octanol–water partition coefficient (Wildman–Crippen LogP) is 5.21. The Bertz CT molecular complexity index is 1320.